The van der Waals surface area contributed by atoms with Gasteiger partial charge in [0.1, 0.15) is 10.6 Å². The van der Waals surface area contributed by atoms with Gasteiger partial charge in [-0.1, -0.05) is 12.1 Å². The molecule has 8 nitrogen and oxygen atoms in total. The summed E-state index contributed by atoms with van der Waals surface area (Å²) in [7, 11) is 0. The van der Waals surface area contributed by atoms with Crippen LogP contribution in [0.4, 0.5) is 15.3 Å². The second kappa shape index (κ2) is 9.21. The van der Waals surface area contributed by atoms with Crippen LogP contribution in [0.1, 0.15) is 63.7 Å². The Morgan fingerprint density at radius 1 is 1.24 bits per heavy atom. The van der Waals surface area contributed by atoms with Gasteiger partial charge in [0.15, 0.2) is 0 Å². The number of ether oxygens (including phenoxy) is 1. The van der Waals surface area contributed by atoms with Gasteiger partial charge in [0.2, 0.25) is 0 Å². The van der Waals surface area contributed by atoms with E-state index in [1.54, 1.807) is 16.2 Å². The van der Waals surface area contributed by atoms with E-state index in [-0.39, 0.29) is 24.0 Å². The van der Waals surface area contributed by atoms with Crippen molar-refractivity contribution in [3.05, 3.63) is 35.3 Å². The lowest BCUT2D eigenvalue weighted by molar-refractivity contribution is 0.0471. The number of nitrogens with two attached hydrogens (primary N) is 1. The van der Waals surface area contributed by atoms with Crippen LogP contribution in [0.5, 0.6) is 0 Å². The van der Waals surface area contributed by atoms with Gasteiger partial charge >= 0.3 is 12.2 Å². The van der Waals surface area contributed by atoms with Gasteiger partial charge < -0.3 is 25.8 Å². The third-order valence-electron chi connectivity index (χ3n) is 6.17. The fourth-order valence-corrected chi connectivity index (χ4v) is 5.68. The smallest absolute Gasteiger partial charge is 0.407 e. The maximum Gasteiger partial charge on any atom is 0.407 e. The summed E-state index contributed by atoms with van der Waals surface area (Å²) in [5.41, 5.74) is 7.03. The molecule has 9 heteroatoms. The summed E-state index contributed by atoms with van der Waals surface area (Å²) < 4.78 is 5.34. The topological polar surface area (TPSA) is 118 Å². The second-order valence-corrected chi connectivity index (χ2v) is 11.0. The number of alkyl carbamates (subject to hydrolysis) is 1. The van der Waals surface area contributed by atoms with Crippen LogP contribution in [0, 0.1) is 0 Å². The van der Waals surface area contributed by atoms with E-state index in [1.807, 2.05) is 51.2 Å². The van der Waals surface area contributed by atoms with Crippen LogP contribution >= 0.6 is 11.3 Å². The maximum atomic E-state index is 12.1. The van der Waals surface area contributed by atoms with Crippen LogP contribution in [0.2, 0.25) is 0 Å². The van der Waals surface area contributed by atoms with Gasteiger partial charge in [-0.2, -0.15) is 0 Å². The number of carbonyl (C=O) groups excluding carboxylic acids is 1. The van der Waals surface area contributed by atoms with Crippen LogP contribution in [0.25, 0.3) is 10.6 Å². The Hall–Kier alpha value is -2.81. The second-order valence-electron chi connectivity index (χ2n) is 9.94. The van der Waals surface area contributed by atoms with E-state index in [0.717, 1.165) is 47.6 Å². The van der Waals surface area contributed by atoms with E-state index in [0.29, 0.717) is 5.69 Å². The summed E-state index contributed by atoms with van der Waals surface area (Å²) in [6.07, 6.45) is 4.35. The molecule has 0 bridgehead atoms. The van der Waals surface area contributed by atoms with E-state index in [4.69, 9.17) is 10.5 Å². The summed E-state index contributed by atoms with van der Waals surface area (Å²) in [5.74, 6) is 0.186. The first kappa shape index (κ1) is 23.4. The molecular weight excluding hydrogens is 440 g/mol. The average molecular weight is 473 g/mol. The molecule has 33 heavy (non-hydrogen) atoms. The predicted octanol–water partition coefficient (Wildman–Crippen LogP) is 5.06. The van der Waals surface area contributed by atoms with Crippen molar-refractivity contribution in [3.8, 4) is 10.6 Å². The molecule has 1 aromatic carbocycles. The Labute approximate surface area is 198 Å². The number of aromatic nitrogens is 1. The Bertz CT molecular complexity index is 1010. The third kappa shape index (κ3) is 5.76. The number of nitrogens with one attached hydrogen (secondary N) is 1. The number of carbonyl (C=O) groups is 2. The number of nitrogens with zero attached hydrogens (tertiary/aromatic N) is 2. The predicted molar refractivity (Wildman–Crippen MR) is 128 cm³/mol. The van der Waals surface area contributed by atoms with Crippen molar-refractivity contribution >= 4 is 29.2 Å². The molecule has 2 unspecified atom stereocenters. The van der Waals surface area contributed by atoms with Crippen molar-refractivity contribution in [1.29, 1.82) is 0 Å². The quantitative estimate of drug-likeness (QED) is 0.523. The van der Waals surface area contributed by atoms with Crippen LogP contribution < -0.4 is 11.1 Å². The molecule has 2 atom stereocenters. The zero-order valence-electron chi connectivity index (χ0n) is 19.3. The highest BCUT2D eigenvalue weighted by molar-refractivity contribution is 7.15. The minimum absolute atomic E-state index is 0.0167. The highest BCUT2D eigenvalue weighted by Crippen LogP contribution is 2.49. The fraction of sp³-hybridized carbons (Fsp3) is 0.542. The van der Waals surface area contributed by atoms with Gasteiger partial charge in [-0.3, -0.25) is 0 Å². The number of nitrogen functional groups attached to an aromatic ring is 1. The van der Waals surface area contributed by atoms with E-state index < -0.39 is 17.8 Å². The molecule has 0 aliphatic heterocycles. The number of hydrogen-bond acceptors (Lipinski definition) is 6. The zero-order valence-corrected chi connectivity index (χ0v) is 20.1. The van der Waals surface area contributed by atoms with Gasteiger partial charge in [0, 0.05) is 46.4 Å². The molecule has 0 radical (unpaired) electrons. The third-order valence-corrected chi connectivity index (χ3v) is 7.35. The number of thiazole rings is 1. The highest BCUT2D eigenvalue weighted by Gasteiger charge is 2.49. The molecule has 2 amide bonds. The first-order valence-corrected chi connectivity index (χ1v) is 12.2. The summed E-state index contributed by atoms with van der Waals surface area (Å²) in [5, 5.41) is 13.8. The Morgan fingerprint density at radius 3 is 2.61 bits per heavy atom. The lowest BCUT2D eigenvalue weighted by Gasteiger charge is -2.36. The molecule has 0 saturated heterocycles. The van der Waals surface area contributed by atoms with E-state index in [2.05, 4.69) is 10.3 Å². The summed E-state index contributed by atoms with van der Waals surface area (Å²) in [6.45, 7) is 5.50. The van der Waals surface area contributed by atoms with Crippen molar-refractivity contribution in [3.63, 3.8) is 0 Å². The van der Waals surface area contributed by atoms with Crippen LogP contribution in [0.15, 0.2) is 30.5 Å². The monoisotopic (exact) mass is 472 g/mol. The van der Waals surface area contributed by atoms with Gasteiger partial charge in [-0.25, -0.2) is 14.6 Å². The van der Waals surface area contributed by atoms with Crippen molar-refractivity contribution in [2.45, 2.75) is 82.5 Å². The highest BCUT2D eigenvalue weighted by atomic mass is 32.1. The number of benzene rings is 1. The molecule has 1 aromatic heterocycles. The minimum Gasteiger partial charge on any atom is -0.465 e. The number of rotatable bonds is 5. The lowest BCUT2D eigenvalue weighted by Crippen LogP contribution is -2.47. The number of amides is 2. The lowest BCUT2D eigenvalue weighted by atomic mass is 9.90. The summed E-state index contributed by atoms with van der Waals surface area (Å²) in [6, 6.07) is 7.61. The van der Waals surface area contributed by atoms with Gasteiger partial charge in [0.25, 0.3) is 0 Å². The van der Waals surface area contributed by atoms with Crippen LogP contribution in [-0.2, 0) is 4.74 Å². The van der Waals surface area contributed by atoms with Gasteiger partial charge in [0.05, 0.1) is 0 Å². The fourth-order valence-electron chi connectivity index (χ4n) is 4.60. The largest absolute Gasteiger partial charge is 0.465 e. The Kier molecular flexibility index (Phi) is 6.52. The van der Waals surface area contributed by atoms with Crippen LogP contribution in [-0.4, -0.2) is 50.9 Å². The SMILES string of the molecule is CC(C)(C)OC(=O)NC1CCC(N(C(=O)O)C2CC2c2cnc(-c3cccc(N)c3)s2)CC1. The number of hydrogen-bond donors (Lipinski definition) is 3. The van der Waals surface area contributed by atoms with Gasteiger partial charge in [-0.05, 0) is 65.0 Å². The van der Waals surface area contributed by atoms with Crippen LogP contribution in [0.3, 0.4) is 0 Å². The normalized spacial score (nSPS) is 24.7. The first-order chi connectivity index (χ1) is 15.6. The number of anilines is 1. The molecule has 2 aliphatic carbocycles. The molecule has 4 rings (SSSR count). The van der Waals surface area contributed by atoms with E-state index in [1.165, 1.54) is 0 Å². The maximum absolute atomic E-state index is 12.1. The molecule has 178 valence electrons. The van der Waals surface area contributed by atoms with E-state index >= 15 is 0 Å². The minimum atomic E-state index is -0.869. The summed E-state index contributed by atoms with van der Waals surface area (Å²) in [4.78, 5) is 31.5. The molecule has 2 aromatic rings. The molecule has 2 saturated carbocycles. The number of carboxylic acid groups (broad SMARTS) is 1. The molecular formula is C24H32N4O4S. The molecule has 2 fully saturated rings. The Balaban J connectivity index is 1.34. The van der Waals surface area contributed by atoms with Gasteiger partial charge in [-0.15, -0.1) is 11.3 Å². The van der Waals surface area contributed by atoms with Crippen molar-refractivity contribution in [1.82, 2.24) is 15.2 Å². The summed E-state index contributed by atoms with van der Waals surface area (Å²) >= 11 is 1.61. The van der Waals surface area contributed by atoms with Crippen molar-refractivity contribution in [2.24, 2.45) is 0 Å². The first-order valence-electron chi connectivity index (χ1n) is 11.4. The molecule has 1 heterocycles. The van der Waals surface area contributed by atoms with E-state index in [9.17, 15) is 14.7 Å². The average Bonchev–Trinajstić information content (AvgIpc) is 3.32. The molecule has 0 spiro atoms. The van der Waals surface area contributed by atoms with Crippen molar-refractivity contribution < 1.29 is 19.4 Å². The Morgan fingerprint density at radius 2 is 1.97 bits per heavy atom. The molecule has 4 N–H and O–H groups in total. The van der Waals surface area contributed by atoms with Crippen molar-refractivity contribution in [2.75, 3.05) is 5.73 Å². The molecule has 2 aliphatic rings. The zero-order chi connectivity index (χ0) is 23.8. The standard InChI is InChI=1S/C24H32N4O4S/c1-24(2,3)32-22(29)27-16-7-9-17(10-8-16)28(23(30)31)19-12-18(19)20-13-26-21(33-20)14-5-4-6-15(25)11-14/h4-6,11,13,16-19H,7-10,12,25H2,1-3H3,(H,27,29)(H,30,31).